The van der Waals surface area contributed by atoms with E-state index in [0.717, 1.165) is 39.8 Å². The van der Waals surface area contributed by atoms with Crippen molar-refractivity contribution in [1.29, 1.82) is 0 Å². The largest absolute Gasteiger partial charge is 0.384 e. The van der Waals surface area contributed by atoms with Gasteiger partial charge in [0.2, 0.25) is 0 Å². The summed E-state index contributed by atoms with van der Waals surface area (Å²) < 4.78 is 1.05. The normalized spacial score (nSPS) is 15.0. The third-order valence-electron chi connectivity index (χ3n) is 4.15. The molecule has 8 heteroatoms. The standard InChI is InChI=1S/C16H19N7S/c1-10-8-18-15(21-12-7-11(17)19-9-20-12)14-13(10)22-16(24-14)23-5-3-2-4-6-23/h7-9H,2-6H2,1H3,(H3,17,18,19,20,21). The Bertz CT molecular complexity index is 870. The average molecular weight is 341 g/mol. The molecule has 0 spiro atoms. The van der Waals surface area contributed by atoms with E-state index in [1.807, 2.05) is 13.1 Å². The lowest BCUT2D eigenvalue weighted by Crippen LogP contribution is -2.29. The molecule has 3 aromatic heterocycles. The van der Waals surface area contributed by atoms with Gasteiger partial charge >= 0.3 is 0 Å². The van der Waals surface area contributed by atoms with E-state index in [4.69, 9.17) is 10.7 Å². The van der Waals surface area contributed by atoms with Crippen LogP contribution in [0.2, 0.25) is 0 Å². The summed E-state index contributed by atoms with van der Waals surface area (Å²) in [6, 6.07) is 1.69. The first-order valence-corrected chi connectivity index (χ1v) is 8.88. The first kappa shape index (κ1) is 15.1. The lowest BCUT2D eigenvalue weighted by molar-refractivity contribution is 0.577. The molecule has 0 atom stereocenters. The summed E-state index contributed by atoms with van der Waals surface area (Å²) >= 11 is 1.68. The van der Waals surface area contributed by atoms with Crippen LogP contribution in [-0.2, 0) is 0 Å². The van der Waals surface area contributed by atoms with Crippen LogP contribution in [0, 0.1) is 6.92 Å². The van der Waals surface area contributed by atoms with E-state index in [9.17, 15) is 0 Å². The molecule has 0 radical (unpaired) electrons. The number of hydrogen-bond donors (Lipinski definition) is 2. The molecule has 24 heavy (non-hydrogen) atoms. The second-order valence-corrected chi connectivity index (χ2v) is 6.94. The summed E-state index contributed by atoms with van der Waals surface area (Å²) in [5, 5.41) is 4.32. The Hall–Kier alpha value is -2.48. The van der Waals surface area contributed by atoms with Crippen molar-refractivity contribution in [2.45, 2.75) is 26.2 Å². The highest BCUT2D eigenvalue weighted by Gasteiger charge is 2.18. The predicted octanol–water partition coefficient (Wildman–Crippen LogP) is 3.11. The van der Waals surface area contributed by atoms with Crippen molar-refractivity contribution in [3.63, 3.8) is 0 Å². The number of fused-ring (bicyclic) bond motifs is 1. The van der Waals surface area contributed by atoms with Gasteiger partial charge in [0.05, 0.1) is 10.2 Å². The summed E-state index contributed by atoms with van der Waals surface area (Å²) in [6.45, 7) is 4.20. The monoisotopic (exact) mass is 341 g/mol. The van der Waals surface area contributed by atoms with Gasteiger partial charge in [-0.2, -0.15) is 0 Å². The van der Waals surface area contributed by atoms with Gasteiger partial charge in [0, 0.05) is 25.4 Å². The Morgan fingerprint density at radius 3 is 2.79 bits per heavy atom. The molecular formula is C16H19N7S. The third-order valence-corrected chi connectivity index (χ3v) is 5.28. The molecule has 1 aliphatic heterocycles. The Morgan fingerprint density at radius 1 is 1.17 bits per heavy atom. The molecule has 4 heterocycles. The molecule has 0 aromatic carbocycles. The van der Waals surface area contributed by atoms with Gasteiger partial charge in [0.15, 0.2) is 10.9 Å². The number of nitrogen functional groups attached to an aromatic ring is 1. The average Bonchev–Trinajstić information content (AvgIpc) is 3.05. The van der Waals surface area contributed by atoms with Crippen molar-refractivity contribution < 1.29 is 0 Å². The van der Waals surface area contributed by atoms with E-state index in [-0.39, 0.29) is 0 Å². The highest BCUT2D eigenvalue weighted by molar-refractivity contribution is 7.22. The fourth-order valence-electron chi connectivity index (χ4n) is 2.89. The topological polar surface area (TPSA) is 92.8 Å². The van der Waals surface area contributed by atoms with Crippen LogP contribution in [0.25, 0.3) is 10.2 Å². The third kappa shape index (κ3) is 2.84. The number of anilines is 4. The molecule has 0 saturated carbocycles. The van der Waals surface area contributed by atoms with E-state index >= 15 is 0 Å². The van der Waals surface area contributed by atoms with E-state index in [1.54, 1.807) is 17.4 Å². The van der Waals surface area contributed by atoms with Crippen LogP contribution in [0.3, 0.4) is 0 Å². The van der Waals surface area contributed by atoms with Gasteiger partial charge in [-0.3, -0.25) is 0 Å². The zero-order chi connectivity index (χ0) is 16.5. The molecule has 3 aromatic rings. The molecule has 4 rings (SSSR count). The van der Waals surface area contributed by atoms with Gasteiger partial charge in [0.1, 0.15) is 18.0 Å². The molecule has 0 amide bonds. The summed E-state index contributed by atoms with van der Waals surface area (Å²) in [4.78, 5) is 19.9. The number of piperidine rings is 1. The van der Waals surface area contributed by atoms with Crippen molar-refractivity contribution in [1.82, 2.24) is 19.9 Å². The molecule has 0 aliphatic carbocycles. The molecular weight excluding hydrogens is 322 g/mol. The molecule has 124 valence electrons. The number of pyridine rings is 1. The molecule has 0 bridgehead atoms. The zero-order valence-electron chi connectivity index (χ0n) is 13.5. The second-order valence-electron chi connectivity index (χ2n) is 5.96. The number of aryl methyl sites for hydroxylation is 1. The van der Waals surface area contributed by atoms with Crippen LogP contribution >= 0.6 is 11.3 Å². The van der Waals surface area contributed by atoms with Gasteiger partial charge < -0.3 is 16.0 Å². The number of nitrogens with one attached hydrogen (secondary N) is 1. The van der Waals surface area contributed by atoms with Crippen LogP contribution < -0.4 is 16.0 Å². The zero-order valence-corrected chi connectivity index (χ0v) is 14.3. The van der Waals surface area contributed by atoms with Gasteiger partial charge in [-0.15, -0.1) is 0 Å². The Labute approximate surface area is 144 Å². The molecule has 3 N–H and O–H groups in total. The highest BCUT2D eigenvalue weighted by atomic mass is 32.1. The first-order valence-electron chi connectivity index (χ1n) is 8.06. The van der Waals surface area contributed by atoms with Gasteiger partial charge in [0.25, 0.3) is 0 Å². The van der Waals surface area contributed by atoms with Crippen molar-refractivity contribution in [3.05, 3.63) is 24.2 Å². The van der Waals surface area contributed by atoms with E-state index in [1.165, 1.54) is 25.6 Å². The van der Waals surface area contributed by atoms with Crippen LogP contribution in [-0.4, -0.2) is 33.0 Å². The minimum Gasteiger partial charge on any atom is -0.384 e. The number of hydrogen-bond acceptors (Lipinski definition) is 8. The SMILES string of the molecule is Cc1cnc(Nc2cc(N)ncn2)c2sc(N3CCCCC3)nc12. The maximum Gasteiger partial charge on any atom is 0.186 e. The van der Waals surface area contributed by atoms with Crippen LogP contribution in [0.15, 0.2) is 18.6 Å². The minimum atomic E-state index is 0.425. The van der Waals surface area contributed by atoms with Crippen molar-refractivity contribution in [3.8, 4) is 0 Å². The first-order chi connectivity index (χ1) is 11.7. The quantitative estimate of drug-likeness (QED) is 0.756. The predicted molar refractivity (Wildman–Crippen MR) is 97.9 cm³/mol. The summed E-state index contributed by atoms with van der Waals surface area (Å²) in [5.74, 6) is 1.82. The number of thiazole rings is 1. The van der Waals surface area contributed by atoms with Gasteiger partial charge in [-0.25, -0.2) is 19.9 Å². The molecule has 1 aliphatic rings. The van der Waals surface area contributed by atoms with Crippen LogP contribution in [0.1, 0.15) is 24.8 Å². The molecule has 7 nitrogen and oxygen atoms in total. The molecule has 1 saturated heterocycles. The maximum atomic E-state index is 5.72. The van der Waals surface area contributed by atoms with Crippen molar-refractivity contribution in [2.75, 3.05) is 29.0 Å². The van der Waals surface area contributed by atoms with Crippen molar-refractivity contribution >= 4 is 44.1 Å². The van der Waals surface area contributed by atoms with E-state index in [0.29, 0.717) is 11.6 Å². The second kappa shape index (κ2) is 6.20. The number of nitrogens with two attached hydrogens (primary N) is 1. The molecule has 1 fully saturated rings. The fraction of sp³-hybridized carbons (Fsp3) is 0.375. The van der Waals surface area contributed by atoms with Crippen LogP contribution in [0.4, 0.5) is 22.6 Å². The maximum absolute atomic E-state index is 5.72. The number of aromatic nitrogens is 4. The van der Waals surface area contributed by atoms with E-state index in [2.05, 4.69) is 25.2 Å². The number of nitrogens with zero attached hydrogens (tertiary/aromatic N) is 5. The number of rotatable bonds is 3. The van der Waals surface area contributed by atoms with Crippen molar-refractivity contribution in [2.24, 2.45) is 0 Å². The summed E-state index contributed by atoms with van der Waals surface area (Å²) in [7, 11) is 0. The Kier molecular flexibility index (Phi) is 3.89. The summed E-state index contributed by atoms with van der Waals surface area (Å²) in [6.07, 6.45) is 7.06. The fourth-order valence-corrected chi connectivity index (χ4v) is 4.02. The smallest absolute Gasteiger partial charge is 0.186 e. The van der Waals surface area contributed by atoms with Gasteiger partial charge in [-0.05, 0) is 31.7 Å². The minimum absolute atomic E-state index is 0.425. The van der Waals surface area contributed by atoms with Gasteiger partial charge in [-0.1, -0.05) is 11.3 Å². The van der Waals surface area contributed by atoms with E-state index < -0.39 is 0 Å². The lowest BCUT2D eigenvalue weighted by atomic mass is 10.1. The highest BCUT2D eigenvalue weighted by Crippen LogP contribution is 2.36. The Balaban J connectivity index is 1.73. The Morgan fingerprint density at radius 2 is 2.00 bits per heavy atom. The van der Waals surface area contributed by atoms with Crippen LogP contribution in [0.5, 0.6) is 0 Å². The lowest BCUT2D eigenvalue weighted by Gasteiger charge is -2.25. The molecule has 0 unspecified atom stereocenters. The summed E-state index contributed by atoms with van der Waals surface area (Å²) in [5.41, 5.74) is 7.80.